The van der Waals surface area contributed by atoms with Gasteiger partial charge in [-0.25, -0.2) is 9.97 Å². The van der Waals surface area contributed by atoms with E-state index >= 15 is 0 Å². The lowest BCUT2D eigenvalue weighted by Crippen LogP contribution is -2.35. The highest BCUT2D eigenvalue weighted by molar-refractivity contribution is 5.99. The molecule has 1 aliphatic rings. The molecule has 4 rings (SSSR count). The second-order valence-corrected chi connectivity index (χ2v) is 7.15. The molecule has 0 bridgehead atoms. The van der Waals surface area contributed by atoms with Gasteiger partial charge in [-0.2, -0.15) is 0 Å². The Kier molecular flexibility index (Phi) is 3.96. The highest BCUT2D eigenvalue weighted by Crippen LogP contribution is 2.30. The molecule has 2 amide bonds. The number of aromatic nitrogens is 3. The van der Waals surface area contributed by atoms with Gasteiger partial charge in [0.15, 0.2) is 17.1 Å². The number of carbonyl (C=O) groups excluding carboxylic acids is 2. The molecule has 4 N–H and O–H groups in total. The molecule has 0 aliphatic carbocycles. The molecule has 0 saturated carbocycles. The van der Waals surface area contributed by atoms with E-state index in [1.165, 1.54) is 17.0 Å². The number of hydrogen-bond acceptors (Lipinski definition) is 6. The van der Waals surface area contributed by atoms with E-state index in [-0.39, 0.29) is 22.7 Å². The first kappa shape index (κ1) is 17.2. The summed E-state index contributed by atoms with van der Waals surface area (Å²) in [6.07, 6.45) is 3.74. The van der Waals surface area contributed by atoms with E-state index in [1.54, 1.807) is 23.1 Å². The average molecular weight is 368 g/mol. The fourth-order valence-corrected chi connectivity index (χ4v) is 3.39. The molecular formula is C18H20N6O3. The Morgan fingerprint density at radius 3 is 2.85 bits per heavy atom. The Morgan fingerprint density at radius 1 is 1.41 bits per heavy atom. The summed E-state index contributed by atoms with van der Waals surface area (Å²) >= 11 is 0. The van der Waals surface area contributed by atoms with Crippen molar-refractivity contribution in [1.29, 1.82) is 0 Å². The van der Waals surface area contributed by atoms with Crippen LogP contribution in [0.15, 0.2) is 35.2 Å². The van der Waals surface area contributed by atoms with Gasteiger partial charge in [-0.1, -0.05) is 6.92 Å². The fraction of sp³-hybridized carbons (Fsp3) is 0.333. The minimum absolute atomic E-state index is 0.00525. The van der Waals surface area contributed by atoms with Crippen molar-refractivity contribution >= 4 is 17.5 Å². The molecule has 3 aromatic heterocycles. The molecule has 0 radical (unpaired) electrons. The maximum absolute atomic E-state index is 13.2. The molecule has 1 aliphatic heterocycles. The minimum atomic E-state index is -0.711. The Balaban J connectivity index is 1.84. The number of hydrogen-bond donors (Lipinski definition) is 2. The summed E-state index contributed by atoms with van der Waals surface area (Å²) in [4.78, 5) is 35.2. The Morgan fingerprint density at radius 2 is 2.22 bits per heavy atom. The third-order valence-corrected chi connectivity index (χ3v) is 5.07. The molecule has 0 spiro atoms. The first-order valence-electron chi connectivity index (χ1n) is 8.63. The van der Waals surface area contributed by atoms with Crippen molar-refractivity contribution in [1.82, 2.24) is 19.3 Å². The van der Waals surface area contributed by atoms with E-state index < -0.39 is 5.91 Å². The molecule has 9 heteroatoms. The first-order chi connectivity index (χ1) is 12.9. The van der Waals surface area contributed by atoms with Gasteiger partial charge in [-0.05, 0) is 36.6 Å². The second-order valence-electron chi connectivity index (χ2n) is 7.15. The molecule has 9 nitrogen and oxygen atoms in total. The maximum Gasteiger partial charge on any atom is 0.271 e. The fourth-order valence-electron chi connectivity index (χ4n) is 3.39. The lowest BCUT2D eigenvalue weighted by Gasteiger charge is -2.23. The van der Waals surface area contributed by atoms with Crippen LogP contribution in [-0.2, 0) is 0 Å². The van der Waals surface area contributed by atoms with Crippen LogP contribution in [0.1, 0.15) is 34.3 Å². The smallest absolute Gasteiger partial charge is 0.271 e. The van der Waals surface area contributed by atoms with Gasteiger partial charge >= 0.3 is 0 Å². The third kappa shape index (κ3) is 2.85. The summed E-state index contributed by atoms with van der Waals surface area (Å²) in [6, 6.07) is 5.09. The number of amides is 2. The number of rotatable bonds is 4. The van der Waals surface area contributed by atoms with Crippen LogP contribution in [0.5, 0.6) is 0 Å². The number of fused-ring (bicyclic) bond motifs is 1. The standard InChI is InChI=1S/C18H20N6O3/c1-18(8-19)4-5-23(9-18)17(26)12-7-11(13-3-2-6-27-13)22-16-14(15(20)25)21-10-24(12)16/h2-3,6-7,10H,4-5,8-9,19H2,1H3,(H2,20,25). The highest BCUT2D eigenvalue weighted by atomic mass is 16.3. The summed E-state index contributed by atoms with van der Waals surface area (Å²) in [5, 5.41) is 0. The molecular weight excluding hydrogens is 348 g/mol. The van der Waals surface area contributed by atoms with E-state index in [1.807, 2.05) is 0 Å². The second kappa shape index (κ2) is 6.20. The SMILES string of the molecule is CC1(CN)CCN(C(=O)c2cc(-c3ccco3)nc3c(C(N)=O)ncn23)C1. The number of likely N-dealkylation sites (tertiary alicyclic amines) is 1. The van der Waals surface area contributed by atoms with Crippen molar-refractivity contribution in [3.8, 4) is 11.5 Å². The number of imidazole rings is 1. The molecule has 4 heterocycles. The first-order valence-corrected chi connectivity index (χ1v) is 8.63. The van der Waals surface area contributed by atoms with E-state index in [4.69, 9.17) is 15.9 Å². The van der Waals surface area contributed by atoms with Crippen LogP contribution in [-0.4, -0.2) is 50.7 Å². The summed E-state index contributed by atoms with van der Waals surface area (Å²) in [5.41, 5.74) is 12.2. The van der Waals surface area contributed by atoms with Crippen LogP contribution in [0.2, 0.25) is 0 Å². The molecule has 1 atom stereocenters. The Hall–Kier alpha value is -3.20. The van der Waals surface area contributed by atoms with Gasteiger partial charge in [0.2, 0.25) is 0 Å². The van der Waals surface area contributed by atoms with Crippen LogP contribution < -0.4 is 11.5 Å². The van der Waals surface area contributed by atoms with Gasteiger partial charge in [0.25, 0.3) is 11.8 Å². The zero-order chi connectivity index (χ0) is 19.2. The minimum Gasteiger partial charge on any atom is -0.463 e. The average Bonchev–Trinajstić information content (AvgIpc) is 3.39. The van der Waals surface area contributed by atoms with Crippen LogP contribution in [0.25, 0.3) is 17.1 Å². The summed E-state index contributed by atoms with van der Waals surface area (Å²) < 4.78 is 6.90. The van der Waals surface area contributed by atoms with Crippen molar-refractivity contribution < 1.29 is 14.0 Å². The van der Waals surface area contributed by atoms with Crippen LogP contribution in [0.3, 0.4) is 0 Å². The van der Waals surface area contributed by atoms with Gasteiger partial charge in [-0.15, -0.1) is 0 Å². The lowest BCUT2D eigenvalue weighted by atomic mass is 9.90. The van der Waals surface area contributed by atoms with Gasteiger partial charge in [-0.3, -0.25) is 14.0 Å². The topological polar surface area (TPSA) is 133 Å². The Bertz CT molecular complexity index is 1030. The molecule has 3 aromatic rings. The van der Waals surface area contributed by atoms with Crippen LogP contribution in [0, 0.1) is 5.41 Å². The van der Waals surface area contributed by atoms with Crippen molar-refractivity contribution in [2.75, 3.05) is 19.6 Å². The zero-order valence-corrected chi connectivity index (χ0v) is 14.9. The largest absolute Gasteiger partial charge is 0.463 e. The monoisotopic (exact) mass is 368 g/mol. The number of furan rings is 1. The normalized spacial score (nSPS) is 19.7. The van der Waals surface area contributed by atoms with E-state index in [0.29, 0.717) is 36.8 Å². The van der Waals surface area contributed by atoms with E-state index in [0.717, 1.165) is 6.42 Å². The van der Waals surface area contributed by atoms with E-state index in [2.05, 4.69) is 16.9 Å². The lowest BCUT2D eigenvalue weighted by molar-refractivity contribution is 0.0769. The molecule has 27 heavy (non-hydrogen) atoms. The van der Waals surface area contributed by atoms with Gasteiger partial charge in [0.05, 0.1) is 6.26 Å². The van der Waals surface area contributed by atoms with E-state index in [9.17, 15) is 9.59 Å². The predicted octanol–water partition coefficient (Wildman–Crippen LogP) is 0.899. The summed E-state index contributed by atoms with van der Waals surface area (Å²) in [7, 11) is 0. The third-order valence-electron chi connectivity index (χ3n) is 5.07. The molecule has 1 fully saturated rings. The summed E-state index contributed by atoms with van der Waals surface area (Å²) in [6.45, 7) is 3.76. The number of primary amides is 1. The maximum atomic E-state index is 13.2. The predicted molar refractivity (Wildman–Crippen MR) is 96.9 cm³/mol. The van der Waals surface area contributed by atoms with Crippen molar-refractivity contribution in [3.63, 3.8) is 0 Å². The molecule has 1 unspecified atom stereocenters. The van der Waals surface area contributed by atoms with Crippen molar-refractivity contribution in [2.24, 2.45) is 16.9 Å². The molecule has 0 aromatic carbocycles. The number of nitrogens with zero attached hydrogens (tertiary/aromatic N) is 4. The Labute approximate surface area is 155 Å². The molecule has 140 valence electrons. The van der Waals surface area contributed by atoms with Crippen LogP contribution in [0.4, 0.5) is 0 Å². The summed E-state index contributed by atoms with van der Waals surface area (Å²) in [5.74, 6) is -0.408. The quantitative estimate of drug-likeness (QED) is 0.703. The van der Waals surface area contributed by atoms with Gasteiger partial charge in [0.1, 0.15) is 17.7 Å². The molecule has 1 saturated heterocycles. The number of carbonyl (C=O) groups is 2. The number of nitrogens with two attached hydrogens (primary N) is 2. The van der Waals surface area contributed by atoms with Gasteiger partial charge < -0.3 is 20.8 Å². The van der Waals surface area contributed by atoms with Crippen molar-refractivity contribution in [2.45, 2.75) is 13.3 Å². The highest BCUT2D eigenvalue weighted by Gasteiger charge is 2.36. The van der Waals surface area contributed by atoms with Crippen LogP contribution >= 0.6 is 0 Å². The van der Waals surface area contributed by atoms with Gasteiger partial charge in [0, 0.05) is 13.1 Å². The zero-order valence-electron chi connectivity index (χ0n) is 14.9. The van der Waals surface area contributed by atoms with Crippen molar-refractivity contribution in [3.05, 3.63) is 42.2 Å².